The van der Waals surface area contributed by atoms with Crippen LogP contribution in [0.1, 0.15) is 10.4 Å². The maximum atomic E-state index is 12.8. The SMILES string of the molecule is C[n+]1c2ccccc2n2[nH]c(=O)n(C(=O)c3ccccc3)c(=O)c21. The van der Waals surface area contributed by atoms with Gasteiger partial charge in [0.05, 0.1) is 7.05 Å². The molecular formula is C17H13N4O3+. The van der Waals surface area contributed by atoms with Crippen LogP contribution in [0.25, 0.3) is 16.7 Å². The van der Waals surface area contributed by atoms with Gasteiger partial charge in [0.1, 0.15) is 0 Å². The van der Waals surface area contributed by atoms with Crippen molar-refractivity contribution >= 4 is 22.6 Å². The Kier molecular flexibility index (Phi) is 2.96. The lowest BCUT2D eigenvalue weighted by Gasteiger charge is -2.01. The summed E-state index contributed by atoms with van der Waals surface area (Å²) in [6.07, 6.45) is 0. The highest BCUT2D eigenvalue weighted by molar-refractivity contribution is 5.96. The molecular weight excluding hydrogens is 308 g/mol. The van der Waals surface area contributed by atoms with E-state index in [0.717, 1.165) is 5.52 Å². The summed E-state index contributed by atoms with van der Waals surface area (Å²) >= 11 is 0. The minimum Gasteiger partial charge on any atom is -0.268 e. The number of para-hydroxylation sites is 2. The van der Waals surface area contributed by atoms with Crippen LogP contribution in [0.15, 0.2) is 64.2 Å². The normalized spacial score (nSPS) is 11.2. The predicted molar refractivity (Wildman–Crippen MR) is 87.1 cm³/mol. The van der Waals surface area contributed by atoms with Gasteiger partial charge in [-0.15, -0.1) is 4.52 Å². The Morgan fingerprint density at radius 1 is 1.00 bits per heavy atom. The average molecular weight is 321 g/mol. The van der Waals surface area contributed by atoms with E-state index in [1.807, 2.05) is 18.2 Å². The zero-order valence-corrected chi connectivity index (χ0v) is 12.8. The van der Waals surface area contributed by atoms with Crippen LogP contribution in [0, 0.1) is 0 Å². The molecule has 0 atom stereocenters. The zero-order valence-electron chi connectivity index (χ0n) is 12.8. The molecule has 0 saturated heterocycles. The van der Waals surface area contributed by atoms with Crippen LogP contribution in [0.3, 0.4) is 0 Å². The third-order valence-corrected chi connectivity index (χ3v) is 4.04. The van der Waals surface area contributed by atoms with Crippen molar-refractivity contribution in [3.05, 3.63) is 81.0 Å². The quantitative estimate of drug-likeness (QED) is 0.517. The molecule has 1 N–H and O–H groups in total. The third-order valence-electron chi connectivity index (χ3n) is 4.04. The lowest BCUT2D eigenvalue weighted by Crippen LogP contribution is -2.46. The minimum atomic E-state index is -0.775. The molecule has 4 aromatic rings. The van der Waals surface area contributed by atoms with Gasteiger partial charge in [-0.2, -0.15) is 9.67 Å². The van der Waals surface area contributed by atoms with Crippen molar-refractivity contribution in [2.45, 2.75) is 0 Å². The number of fused-ring (bicyclic) bond motifs is 3. The standard InChI is InChI=1S/C17H12N4O3/c1-19-12-9-5-6-10-13(12)21-14(19)16(23)20(17(24)18-21)15(22)11-7-3-2-4-8-11/h2-10H,1H3/p+1. The molecule has 0 aliphatic rings. The van der Waals surface area contributed by atoms with E-state index in [1.54, 1.807) is 48.0 Å². The Morgan fingerprint density at radius 3 is 2.42 bits per heavy atom. The van der Waals surface area contributed by atoms with Crippen molar-refractivity contribution in [1.29, 1.82) is 0 Å². The molecule has 0 unspecified atom stereocenters. The summed E-state index contributed by atoms with van der Waals surface area (Å²) in [5, 5.41) is 2.60. The molecule has 7 nitrogen and oxygen atoms in total. The van der Waals surface area contributed by atoms with Crippen molar-refractivity contribution in [1.82, 2.24) is 14.2 Å². The van der Waals surface area contributed by atoms with Gasteiger partial charge >= 0.3 is 16.9 Å². The molecule has 2 aromatic heterocycles. The van der Waals surface area contributed by atoms with Gasteiger partial charge < -0.3 is 0 Å². The highest BCUT2D eigenvalue weighted by atomic mass is 16.2. The number of benzene rings is 2. The molecule has 24 heavy (non-hydrogen) atoms. The maximum absolute atomic E-state index is 12.8. The van der Waals surface area contributed by atoms with E-state index < -0.39 is 17.2 Å². The van der Waals surface area contributed by atoms with Crippen LogP contribution in [0.5, 0.6) is 0 Å². The molecule has 4 rings (SSSR count). The van der Waals surface area contributed by atoms with Crippen LogP contribution >= 0.6 is 0 Å². The number of aromatic amines is 1. The van der Waals surface area contributed by atoms with E-state index in [9.17, 15) is 14.4 Å². The number of carbonyl (C=O) groups excluding carboxylic acids is 1. The molecule has 0 saturated carbocycles. The highest BCUT2D eigenvalue weighted by Gasteiger charge is 2.26. The second-order valence-corrected chi connectivity index (χ2v) is 5.44. The van der Waals surface area contributed by atoms with E-state index in [4.69, 9.17) is 0 Å². The summed E-state index contributed by atoms with van der Waals surface area (Å²) in [4.78, 5) is 37.8. The summed E-state index contributed by atoms with van der Waals surface area (Å²) < 4.78 is 3.70. The molecule has 0 fully saturated rings. The average Bonchev–Trinajstić information content (AvgIpc) is 2.88. The van der Waals surface area contributed by atoms with E-state index in [-0.39, 0.29) is 11.2 Å². The predicted octanol–water partition coefficient (Wildman–Crippen LogP) is 0.455. The molecule has 2 aromatic carbocycles. The topological polar surface area (TPSA) is 80.2 Å². The molecule has 0 spiro atoms. The van der Waals surface area contributed by atoms with Crippen molar-refractivity contribution in [2.24, 2.45) is 7.05 Å². The second-order valence-electron chi connectivity index (χ2n) is 5.44. The van der Waals surface area contributed by atoms with Crippen LogP contribution in [0.2, 0.25) is 0 Å². The van der Waals surface area contributed by atoms with Crippen LogP contribution in [-0.2, 0) is 7.05 Å². The van der Waals surface area contributed by atoms with Crippen LogP contribution < -0.4 is 15.8 Å². The number of nitrogens with zero attached hydrogens (tertiary/aromatic N) is 3. The van der Waals surface area contributed by atoms with E-state index in [0.29, 0.717) is 10.1 Å². The Labute approximate surface area is 135 Å². The van der Waals surface area contributed by atoms with Crippen molar-refractivity contribution in [3.8, 4) is 0 Å². The van der Waals surface area contributed by atoms with Crippen LogP contribution in [0.4, 0.5) is 0 Å². The Balaban J connectivity index is 2.11. The number of nitrogens with one attached hydrogen (secondary N) is 1. The Bertz CT molecular complexity index is 1220. The monoisotopic (exact) mass is 321 g/mol. The van der Waals surface area contributed by atoms with E-state index in [1.165, 1.54) is 4.52 Å². The molecule has 0 aliphatic carbocycles. The number of rotatable bonds is 1. The van der Waals surface area contributed by atoms with Gasteiger partial charge in [-0.3, -0.25) is 9.59 Å². The lowest BCUT2D eigenvalue weighted by molar-refractivity contribution is -0.619. The van der Waals surface area contributed by atoms with Gasteiger partial charge in [-0.1, -0.05) is 30.3 Å². The number of imidazole rings is 1. The fourth-order valence-electron chi connectivity index (χ4n) is 2.90. The number of aryl methyl sites for hydroxylation is 1. The molecule has 0 bridgehead atoms. The fraction of sp³-hybridized carbons (Fsp3) is 0.0588. The number of aromatic nitrogens is 4. The van der Waals surface area contributed by atoms with Crippen molar-refractivity contribution < 1.29 is 9.36 Å². The fourth-order valence-corrected chi connectivity index (χ4v) is 2.90. The largest absolute Gasteiger partial charge is 0.373 e. The van der Waals surface area contributed by atoms with Gasteiger partial charge in [0.2, 0.25) is 5.52 Å². The summed E-state index contributed by atoms with van der Waals surface area (Å²) in [7, 11) is 1.72. The van der Waals surface area contributed by atoms with Crippen molar-refractivity contribution in [3.63, 3.8) is 0 Å². The first-order valence-electron chi connectivity index (χ1n) is 7.34. The summed E-state index contributed by atoms with van der Waals surface area (Å²) in [6, 6.07) is 15.5. The van der Waals surface area contributed by atoms with Gasteiger partial charge in [-0.05, 0) is 24.3 Å². The molecule has 2 heterocycles. The minimum absolute atomic E-state index is 0.208. The molecule has 0 aliphatic heterocycles. The van der Waals surface area contributed by atoms with Crippen LogP contribution in [-0.4, -0.2) is 20.1 Å². The van der Waals surface area contributed by atoms with E-state index in [2.05, 4.69) is 5.10 Å². The first-order chi connectivity index (χ1) is 11.6. The summed E-state index contributed by atoms with van der Waals surface area (Å²) in [5.74, 6) is -0.658. The first kappa shape index (κ1) is 14.1. The van der Waals surface area contributed by atoms with Crippen molar-refractivity contribution in [2.75, 3.05) is 0 Å². The molecule has 0 amide bonds. The Hall–Kier alpha value is -3.48. The smallest absolute Gasteiger partial charge is 0.268 e. The van der Waals surface area contributed by atoms with Gasteiger partial charge in [0.15, 0.2) is 5.52 Å². The van der Waals surface area contributed by atoms with Gasteiger partial charge in [-0.25, -0.2) is 9.36 Å². The number of carbonyl (C=O) groups is 1. The zero-order chi connectivity index (χ0) is 16.8. The Morgan fingerprint density at radius 2 is 1.67 bits per heavy atom. The molecule has 7 heteroatoms. The first-order valence-corrected chi connectivity index (χ1v) is 7.34. The number of hydrogen-bond donors (Lipinski definition) is 1. The van der Waals surface area contributed by atoms with Gasteiger partial charge in [0.25, 0.3) is 5.91 Å². The number of hydrogen-bond acceptors (Lipinski definition) is 3. The number of H-pyrrole nitrogens is 1. The van der Waals surface area contributed by atoms with E-state index >= 15 is 0 Å². The van der Waals surface area contributed by atoms with Gasteiger partial charge in [0, 0.05) is 5.56 Å². The molecule has 118 valence electrons. The highest BCUT2D eigenvalue weighted by Crippen LogP contribution is 2.09. The summed E-state index contributed by atoms with van der Waals surface area (Å²) in [5.41, 5.74) is 0.501. The summed E-state index contributed by atoms with van der Waals surface area (Å²) in [6.45, 7) is 0. The second kappa shape index (κ2) is 5.02. The molecule has 0 radical (unpaired) electrons. The maximum Gasteiger partial charge on any atom is 0.373 e. The third kappa shape index (κ3) is 1.84. The lowest BCUT2D eigenvalue weighted by atomic mass is 10.2.